The molecule has 1 aliphatic rings. The number of amides is 1. The summed E-state index contributed by atoms with van der Waals surface area (Å²) in [4.78, 5) is 33.8. The molecule has 2 aromatic carbocycles. The molecule has 3 aromatic rings. The van der Waals surface area contributed by atoms with E-state index in [2.05, 4.69) is 9.83 Å². The monoisotopic (exact) mass is 425 g/mol. The molecule has 0 saturated heterocycles. The Labute approximate surface area is 187 Å². The minimum Gasteiger partial charge on any atom is -0.481 e. The highest BCUT2D eigenvalue weighted by molar-refractivity contribution is 5.81. The number of carbonyl (C=O) groups is 2. The topological polar surface area (TPSA) is 74.9 Å². The van der Waals surface area contributed by atoms with E-state index in [1.807, 2.05) is 53.4 Å². The van der Waals surface area contributed by atoms with Gasteiger partial charge in [-0.15, -0.1) is 0 Å². The zero-order chi connectivity index (χ0) is 22.5. The Morgan fingerprint density at radius 1 is 1.03 bits per heavy atom. The SMILES string of the molecule is [C-]#[N+]c1ccc(-c2cncc(CC(=O)O)c2)c(CN(Cc2ccccc2)C(=O)C2CC2)c1. The lowest BCUT2D eigenvalue weighted by atomic mass is 9.98. The van der Waals surface area contributed by atoms with Crippen molar-refractivity contribution >= 4 is 17.6 Å². The Bertz CT molecular complexity index is 1180. The third-order valence-corrected chi connectivity index (χ3v) is 5.49. The van der Waals surface area contributed by atoms with E-state index in [-0.39, 0.29) is 18.2 Å². The minimum atomic E-state index is -0.920. The molecule has 160 valence electrons. The molecular weight excluding hydrogens is 402 g/mol. The second kappa shape index (κ2) is 9.44. The van der Waals surface area contributed by atoms with Crippen molar-refractivity contribution in [2.45, 2.75) is 32.4 Å². The van der Waals surface area contributed by atoms with Crippen molar-refractivity contribution < 1.29 is 14.7 Å². The zero-order valence-electron chi connectivity index (χ0n) is 17.6. The van der Waals surface area contributed by atoms with Gasteiger partial charge in [0.2, 0.25) is 5.91 Å². The molecule has 0 aliphatic heterocycles. The first-order chi connectivity index (χ1) is 15.5. The smallest absolute Gasteiger partial charge is 0.307 e. The number of carboxylic acid groups (broad SMARTS) is 1. The average molecular weight is 425 g/mol. The molecule has 4 rings (SSSR count). The number of carboxylic acids is 1. The molecule has 0 unspecified atom stereocenters. The molecule has 1 heterocycles. The van der Waals surface area contributed by atoms with E-state index in [4.69, 9.17) is 11.7 Å². The highest BCUT2D eigenvalue weighted by Crippen LogP contribution is 2.34. The molecule has 0 bridgehead atoms. The van der Waals surface area contributed by atoms with E-state index in [1.54, 1.807) is 18.5 Å². The van der Waals surface area contributed by atoms with Gasteiger partial charge in [0.25, 0.3) is 0 Å². The van der Waals surface area contributed by atoms with Crippen LogP contribution in [-0.2, 0) is 29.1 Å². The molecule has 1 N–H and O–H groups in total. The van der Waals surface area contributed by atoms with Gasteiger partial charge in [0.1, 0.15) is 0 Å². The summed E-state index contributed by atoms with van der Waals surface area (Å²) in [6.07, 6.45) is 4.95. The molecule has 32 heavy (non-hydrogen) atoms. The summed E-state index contributed by atoms with van der Waals surface area (Å²) in [5, 5.41) is 9.12. The number of hydrogen-bond donors (Lipinski definition) is 1. The predicted octanol–water partition coefficient (Wildman–Crippen LogP) is 4.87. The maximum absolute atomic E-state index is 13.1. The van der Waals surface area contributed by atoms with E-state index in [0.29, 0.717) is 24.3 Å². The van der Waals surface area contributed by atoms with E-state index in [0.717, 1.165) is 35.1 Å². The summed E-state index contributed by atoms with van der Waals surface area (Å²) in [6.45, 7) is 8.28. The summed E-state index contributed by atoms with van der Waals surface area (Å²) in [5.41, 5.74) is 4.61. The lowest BCUT2D eigenvalue weighted by Gasteiger charge is -2.25. The number of carbonyl (C=O) groups excluding carboxylic acids is 1. The van der Waals surface area contributed by atoms with Crippen LogP contribution in [0, 0.1) is 12.5 Å². The van der Waals surface area contributed by atoms with Crippen molar-refractivity contribution in [2.75, 3.05) is 0 Å². The van der Waals surface area contributed by atoms with E-state index in [9.17, 15) is 9.59 Å². The van der Waals surface area contributed by atoms with Crippen molar-refractivity contribution in [3.8, 4) is 11.1 Å². The van der Waals surface area contributed by atoms with Gasteiger partial charge in [0.05, 0.1) is 13.0 Å². The predicted molar refractivity (Wildman–Crippen MR) is 121 cm³/mol. The molecule has 1 fully saturated rings. The fraction of sp³-hybridized carbons (Fsp3) is 0.231. The Morgan fingerprint density at radius 3 is 2.50 bits per heavy atom. The molecule has 6 nitrogen and oxygen atoms in total. The van der Waals surface area contributed by atoms with Gasteiger partial charge >= 0.3 is 5.97 Å². The quantitative estimate of drug-likeness (QED) is 0.523. The number of aromatic nitrogens is 1. The van der Waals surface area contributed by atoms with Crippen molar-refractivity contribution in [2.24, 2.45) is 5.92 Å². The van der Waals surface area contributed by atoms with Crippen LogP contribution in [0.15, 0.2) is 67.0 Å². The number of benzene rings is 2. The molecular formula is C26H23N3O3. The van der Waals surface area contributed by atoms with Crippen molar-refractivity contribution in [3.05, 3.63) is 95.1 Å². The number of hydrogen-bond acceptors (Lipinski definition) is 3. The third-order valence-electron chi connectivity index (χ3n) is 5.49. The second-order valence-corrected chi connectivity index (χ2v) is 8.06. The van der Waals surface area contributed by atoms with Crippen molar-refractivity contribution in [1.29, 1.82) is 0 Å². The molecule has 1 aromatic heterocycles. The molecule has 1 saturated carbocycles. The number of aliphatic carboxylic acids is 1. The summed E-state index contributed by atoms with van der Waals surface area (Å²) in [6, 6.07) is 17.1. The Kier molecular flexibility index (Phi) is 6.27. The molecule has 1 amide bonds. The molecule has 0 spiro atoms. The van der Waals surface area contributed by atoms with Crippen LogP contribution >= 0.6 is 0 Å². The van der Waals surface area contributed by atoms with Crippen LogP contribution < -0.4 is 0 Å². The Hall–Kier alpha value is -3.98. The van der Waals surface area contributed by atoms with Crippen LogP contribution in [0.4, 0.5) is 5.69 Å². The van der Waals surface area contributed by atoms with E-state index in [1.165, 1.54) is 0 Å². The maximum Gasteiger partial charge on any atom is 0.307 e. The summed E-state index contributed by atoms with van der Waals surface area (Å²) in [7, 11) is 0. The third kappa shape index (κ3) is 5.19. The summed E-state index contributed by atoms with van der Waals surface area (Å²) in [5.74, 6) is -0.714. The molecule has 6 heteroatoms. The molecule has 0 radical (unpaired) electrons. The second-order valence-electron chi connectivity index (χ2n) is 8.06. The Balaban J connectivity index is 1.70. The first-order valence-corrected chi connectivity index (χ1v) is 10.5. The normalized spacial score (nSPS) is 12.7. The fourth-order valence-electron chi connectivity index (χ4n) is 3.78. The van der Waals surface area contributed by atoms with Gasteiger partial charge in [-0.25, -0.2) is 4.85 Å². The van der Waals surface area contributed by atoms with Crippen LogP contribution in [0.5, 0.6) is 0 Å². The zero-order valence-corrected chi connectivity index (χ0v) is 17.6. The standard InChI is InChI=1S/C26H23N3O3/c1-27-23-9-10-24(21-11-19(12-25(30)31)14-28-15-21)22(13-23)17-29(26(32)20-7-8-20)16-18-5-3-2-4-6-18/h2-6,9-11,13-15,20H,7-8,12,16-17H2,(H,30,31). The Morgan fingerprint density at radius 2 is 1.81 bits per heavy atom. The van der Waals surface area contributed by atoms with Gasteiger partial charge in [0, 0.05) is 37.0 Å². The van der Waals surface area contributed by atoms with Crippen LogP contribution in [0.1, 0.15) is 29.5 Å². The van der Waals surface area contributed by atoms with E-state index < -0.39 is 5.97 Å². The summed E-state index contributed by atoms with van der Waals surface area (Å²) < 4.78 is 0. The van der Waals surface area contributed by atoms with Gasteiger partial charge in [-0.2, -0.15) is 0 Å². The van der Waals surface area contributed by atoms with Gasteiger partial charge in [-0.05, 0) is 41.2 Å². The van der Waals surface area contributed by atoms with Gasteiger partial charge < -0.3 is 10.0 Å². The molecule has 1 aliphatic carbocycles. The maximum atomic E-state index is 13.1. The largest absolute Gasteiger partial charge is 0.481 e. The van der Waals surface area contributed by atoms with Crippen LogP contribution in [-0.4, -0.2) is 26.9 Å². The lowest BCUT2D eigenvalue weighted by Crippen LogP contribution is -2.31. The highest BCUT2D eigenvalue weighted by atomic mass is 16.4. The summed E-state index contributed by atoms with van der Waals surface area (Å²) >= 11 is 0. The van der Waals surface area contributed by atoms with Gasteiger partial charge in [-0.3, -0.25) is 14.6 Å². The van der Waals surface area contributed by atoms with E-state index >= 15 is 0 Å². The van der Waals surface area contributed by atoms with Crippen molar-refractivity contribution in [3.63, 3.8) is 0 Å². The van der Waals surface area contributed by atoms with Crippen LogP contribution in [0.3, 0.4) is 0 Å². The number of nitrogens with zero attached hydrogens (tertiary/aromatic N) is 3. The molecule has 0 atom stereocenters. The van der Waals surface area contributed by atoms with Crippen LogP contribution in [0.25, 0.3) is 16.0 Å². The first-order valence-electron chi connectivity index (χ1n) is 10.5. The lowest BCUT2D eigenvalue weighted by molar-refractivity contribution is -0.136. The van der Waals surface area contributed by atoms with Crippen LogP contribution in [0.2, 0.25) is 0 Å². The van der Waals surface area contributed by atoms with Crippen molar-refractivity contribution in [1.82, 2.24) is 9.88 Å². The van der Waals surface area contributed by atoms with Gasteiger partial charge in [0.15, 0.2) is 5.69 Å². The fourth-order valence-corrected chi connectivity index (χ4v) is 3.78. The highest BCUT2D eigenvalue weighted by Gasteiger charge is 2.33. The first kappa shape index (κ1) is 21.3. The number of rotatable bonds is 8. The minimum absolute atomic E-state index is 0.0757. The number of pyridine rings is 1. The van der Waals surface area contributed by atoms with Gasteiger partial charge in [-0.1, -0.05) is 48.5 Å². The average Bonchev–Trinajstić information content (AvgIpc) is 3.64.